The fourth-order valence-electron chi connectivity index (χ4n) is 2.54. The first kappa shape index (κ1) is 18.2. The van der Waals surface area contributed by atoms with Crippen molar-refractivity contribution < 1.29 is 24.0 Å². The molecule has 0 N–H and O–H groups in total. The standard InChI is InChI=1S/C14H24N2O6/c1-13(2,3)22-12(18)15-8-14(4,9-15)10(7-16(19)20)6-11(17)21-5/h10H,6-9H2,1-5H3. The van der Waals surface area contributed by atoms with Gasteiger partial charge in [-0.15, -0.1) is 0 Å². The van der Waals surface area contributed by atoms with Crippen molar-refractivity contribution in [3.63, 3.8) is 0 Å². The second kappa shape index (κ2) is 6.50. The number of carbonyl (C=O) groups excluding carboxylic acids is 2. The van der Waals surface area contributed by atoms with Crippen LogP contribution in [-0.4, -0.2) is 54.2 Å². The third-order valence-electron chi connectivity index (χ3n) is 3.75. The summed E-state index contributed by atoms with van der Waals surface area (Å²) in [6, 6.07) is 0. The second-order valence-corrected chi connectivity index (χ2v) is 6.98. The zero-order chi connectivity index (χ0) is 17.1. The minimum absolute atomic E-state index is 0.0316. The highest BCUT2D eigenvalue weighted by Crippen LogP contribution is 2.40. The Hall–Kier alpha value is -1.86. The van der Waals surface area contributed by atoms with Gasteiger partial charge in [0, 0.05) is 29.3 Å². The minimum atomic E-state index is -0.588. The van der Waals surface area contributed by atoms with Crippen molar-refractivity contribution in [2.75, 3.05) is 26.7 Å². The molecule has 1 unspecified atom stereocenters. The molecule has 0 radical (unpaired) electrons. The highest BCUT2D eigenvalue weighted by atomic mass is 16.6. The van der Waals surface area contributed by atoms with Crippen LogP contribution in [0.1, 0.15) is 34.1 Å². The molecule has 0 aromatic heterocycles. The van der Waals surface area contributed by atoms with Gasteiger partial charge < -0.3 is 14.4 Å². The van der Waals surface area contributed by atoms with Gasteiger partial charge in [-0.05, 0) is 20.8 Å². The molecule has 126 valence electrons. The molecule has 0 saturated carbocycles. The molecule has 1 fully saturated rings. The van der Waals surface area contributed by atoms with E-state index in [0.29, 0.717) is 13.1 Å². The van der Waals surface area contributed by atoms with E-state index in [0.717, 1.165) is 0 Å². The van der Waals surface area contributed by atoms with Crippen molar-refractivity contribution >= 4 is 12.1 Å². The topological polar surface area (TPSA) is 99.0 Å². The lowest BCUT2D eigenvalue weighted by Crippen LogP contribution is -2.62. The Morgan fingerprint density at radius 3 is 2.32 bits per heavy atom. The monoisotopic (exact) mass is 316 g/mol. The maximum absolute atomic E-state index is 11.9. The molecule has 1 atom stereocenters. The van der Waals surface area contributed by atoms with Gasteiger partial charge in [0.15, 0.2) is 0 Å². The lowest BCUT2D eigenvalue weighted by molar-refractivity contribution is -0.493. The molecule has 1 heterocycles. The van der Waals surface area contributed by atoms with Gasteiger partial charge in [0.2, 0.25) is 6.54 Å². The summed E-state index contributed by atoms with van der Waals surface area (Å²) in [4.78, 5) is 35.3. The van der Waals surface area contributed by atoms with E-state index in [1.807, 2.05) is 6.92 Å². The van der Waals surface area contributed by atoms with Crippen molar-refractivity contribution in [2.45, 2.75) is 39.7 Å². The third kappa shape index (κ3) is 4.85. The Morgan fingerprint density at radius 1 is 1.36 bits per heavy atom. The maximum Gasteiger partial charge on any atom is 0.410 e. The molecule has 8 heteroatoms. The summed E-state index contributed by atoms with van der Waals surface area (Å²) in [5.41, 5.74) is -1.08. The van der Waals surface area contributed by atoms with E-state index >= 15 is 0 Å². The van der Waals surface area contributed by atoms with Crippen LogP contribution < -0.4 is 0 Å². The molecule has 1 amide bonds. The first-order chi connectivity index (χ1) is 9.97. The number of carbonyl (C=O) groups is 2. The van der Waals surface area contributed by atoms with Crippen molar-refractivity contribution in [3.05, 3.63) is 10.1 Å². The lowest BCUT2D eigenvalue weighted by atomic mass is 9.69. The summed E-state index contributed by atoms with van der Waals surface area (Å²) >= 11 is 0. The van der Waals surface area contributed by atoms with Gasteiger partial charge >= 0.3 is 12.1 Å². The fourth-order valence-corrected chi connectivity index (χ4v) is 2.54. The predicted octanol–water partition coefficient (Wildman–Crippen LogP) is 1.70. The molecule has 1 aliphatic heterocycles. The minimum Gasteiger partial charge on any atom is -0.469 e. The van der Waals surface area contributed by atoms with E-state index in [9.17, 15) is 19.7 Å². The van der Waals surface area contributed by atoms with Gasteiger partial charge in [-0.25, -0.2) is 4.79 Å². The average molecular weight is 316 g/mol. The van der Waals surface area contributed by atoms with Crippen molar-refractivity contribution in [1.82, 2.24) is 4.90 Å². The average Bonchev–Trinajstić information content (AvgIpc) is 2.31. The summed E-state index contributed by atoms with van der Waals surface area (Å²) in [7, 11) is 1.25. The number of likely N-dealkylation sites (tertiary alicyclic amines) is 1. The first-order valence-electron chi connectivity index (χ1n) is 7.13. The summed E-state index contributed by atoms with van der Waals surface area (Å²) in [6.45, 7) is 7.50. The summed E-state index contributed by atoms with van der Waals surface area (Å²) in [5, 5.41) is 10.8. The summed E-state index contributed by atoms with van der Waals surface area (Å²) in [5.74, 6) is -0.961. The number of nitro groups is 1. The zero-order valence-corrected chi connectivity index (χ0v) is 13.7. The number of nitrogens with zero attached hydrogens (tertiary/aromatic N) is 2. The van der Waals surface area contributed by atoms with Crippen molar-refractivity contribution in [2.24, 2.45) is 11.3 Å². The molecule has 1 rings (SSSR count). The molecular formula is C14H24N2O6. The predicted molar refractivity (Wildman–Crippen MR) is 77.9 cm³/mol. The van der Waals surface area contributed by atoms with E-state index in [4.69, 9.17) is 4.74 Å². The Balaban J connectivity index is 2.67. The molecule has 0 aromatic carbocycles. The molecule has 0 aliphatic carbocycles. The highest BCUT2D eigenvalue weighted by molar-refractivity contribution is 5.71. The number of hydrogen-bond donors (Lipinski definition) is 0. The van der Waals surface area contributed by atoms with Gasteiger partial charge in [-0.1, -0.05) is 6.92 Å². The molecule has 0 bridgehead atoms. The Bertz CT molecular complexity index is 451. The molecule has 0 spiro atoms. The first-order valence-corrected chi connectivity index (χ1v) is 7.13. The number of hydrogen-bond acceptors (Lipinski definition) is 6. The van der Waals surface area contributed by atoms with Crippen LogP contribution in [0.15, 0.2) is 0 Å². The Labute approximate surface area is 129 Å². The van der Waals surface area contributed by atoms with Crippen molar-refractivity contribution in [1.29, 1.82) is 0 Å². The van der Waals surface area contributed by atoms with Crippen LogP contribution in [0, 0.1) is 21.4 Å². The molecule has 22 heavy (non-hydrogen) atoms. The number of rotatable bonds is 5. The SMILES string of the molecule is COC(=O)CC(C[N+](=O)[O-])C1(C)CN(C(=O)OC(C)(C)C)C1. The molecule has 8 nitrogen and oxygen atoms in total. The Kier molecular flexibility index (Phi) is 5.37. The molecule has 1 saturated heterocycles. The van der Waals surface area contributed by atoms with Gasteiger partial charge in [0.1, 0.15) is 5.60 Å². The maximum atomic E-state index is 11.9. The summed E-state index contributed by atoms with van der Waals surface area (Å²) in [6.07, 6.45) is -0.473. The fraction of sp³-hybridized carbons (Fsp3) is 0.857. The van der Waals surface area contributed by atoms with Crippen LogP contribution in [0.25, 0.3) is 0 Å². The highest BCUT2D eigenvalue weighted by Gasteiger charge is 2.50. The van der Waals surface area contributed by atoms with Crippen LogP contribution in [-0.2, 0) is 14.3 Å². The van der Waals surface area contributed by atoms with E-state index in [1.165, 1.54) is 12.0 Å². The van der Waals surface area contributed by atoms with Crippen LogP contribution >= 0.6 is 0 Å². The summed E-state index contributed by atoms with van der Waals surface area (Å²) < 4.78 is 9.86. The van der Waals surface area contributed by atoms with Gasteiger partial charge in [0.05, 0.1) is 13.5 Å². The van der Waals surface area contributed by atoms with Crippen LogP contribution in [0.2, 0.25) is 0 Å². The van der Waals surface area contributed by atoms with Gasteiger partial charge in [0.25, 0.3) is 0 Å². The van der Waals surface area contributed by atoms with E-state index in [-0.39, 0.29) is 13.0 Å². The third-order valence-corrected chi connectivity index (χ3v) is 3.75. The normalized spacial score (nSPS) is 18.1. The smallest absolute Gasteiger partial charge is 0.410 e. The van der Waals surface area contributed by atoms with Crippen LogP contribution in [0.5, 0.6) is 0 Å². The van der Waals surface area contributed by atoms with E-state index < -0.39 is 33.9 Å². The van der Waals surface area contributed by atoms with Gasteiger partial charge in [-0.3, -0.25) is 14.9 Å². The van der Waals surface area contributed by atoms with Crippen LogP contribution in [0.3, 0.4) is 0 Å². The van der Waals surface area contributed by atoms with Crippen molar-refractivity contribution in [3.8, 4) is 0 Å². The number of amides is 1. The number of ether oxygens (including phenoxy) is 2. The number of esters is 1. The molecule has 1 aliphatic rings. The zero-order valence-electron chi connectivity index (χ0n) is 13.7. The second-order valence-electron chi connectivity index (χ2n) is 6.98. The van der Waals surface area contributed by atoms with Gasteiger partial charge in [-0.2, -0.15) is 0 Å². The van der Waals surface area contributed by atoms with Crippen LogP contribution in [0.4, 0.5) is 4.79 Å². The number of methoxy groups -OCH3 is 1. The quantitative estimate of drug-likeness (QED) is 0.435. The molecular weight excluding hydrogens is 292 g/mol. The lowest BCUT2D eigenvalue weighted by Gasteiger charge is -2.50. The Morgan fingerprint density at radius 2 is 1.91 bits per heavy atom. The largest absolute Gasteiger partial charge is 0.469 e. The van der Waals surface area contributed by atoms with E-state index in [1.54, 1.807) is 20.8 Å². The van der Waals surface area contributed by atoms with E-state index in [2.05, 4.69) is 4.74 Å². The molecule has 0 aromatic rings.